The van der Waals surface area contributed by atoms with Gasteiger partial charge in [-0.05, 0) is 0 Å². The third-order valence-corrected chi connectivity index (χ3v) is 1.20. The molecule has 0 aromatic heterocycles. The largest absolute Gasteiger partial charge is 0.274 e. The van der Waals surface area contributed by atoms with Gasteiger partial charge in [0.2, 0.25) is 0 Å². The third kappa shape index (κ3) is 2.38. The molecule has 0 amide bonds. The second-order valence-corrected chi connectivity index (χ2v) is 2.12. The number of hydrogen-bond acceptors (Lipinski definition) is 0. The molecule has 0 fully saturated rings. The highest BCUT2D eigenvalue weighted by Gasteiger charge is 2.11. The summed E-state index contributed by atoms with van der Waals surface area (Å²) < 4.78 is 4.76. The maximum Gasteiger partial charge on any atom is 0.274 e. The van der Waals surface area contributed by atoms with E-state index in [2.05, 4.69) is 20.6 Å². The van der Waals surface area contributed by atoms with Gasteiger partial charge in [0.1, 0.15) is 0 Å². The first-order chi connectivity index (χ1) is 3.18. The molecule has 1 nitrogen and oxygen atoms in total. The Morgan fingerprint density at radius 1 is 1.29 bits per heavy atom. The minimum absolute atomic E-state index is 0.292. The molecule has 0 N–H and O–H groups in total. The molecule has 42 valence electrons. The number of rotatable bonds is 2. The summed E-state index contributed by atoms with van der Waals surface area (Å²) >= 11 is 0. The van der Waals surface area contributed by atoms with Gasteiger partial charge in [-0.1, -0.05) is 13.8 Å². The SMILES string of the molecule is C=[O+]C(C)C(C)C. The lowest BCUT2D eigenvalue weighted by atomic mass is 10.1. The van der Waals surface area contributed by atoms with E-state index in [0.717, 1.165) is 0 Å². The quantitative estimate of drug-likeness (QED) is 0.466. The topological polar surface area (TPSA) is 11.3 Å². The molecule has 0 aromatic rings. The average Bonchev–Trinajstić information content (AvgIpc) is 1.65. The molecule has 1 atom stereocenters. The second-order valence-electron chi connectivity index (χ2n) is 2.12. The van der Waals surface area contributed by atoms with E-state index in [1.54, 1.807) is 0 Å². The zero-order valence-corrected chi connectivity index (χ0v) is 5.27. The molecule has 0 spiro atoms. The van der Waals surface area contributed by atoms with Gasteiger partial charge in [-0.3, -0.25) is 4.42 Å². The van der Waals surface area contributed by atoms with Crippen LogP contribution in [0.15, 0.2) is 0 Å². The summed E-state index contributed by atoms with van der Waals surface area (Å²) in [5, 5.41) is 0. The molecule has 0 radical (unpaired) electrons. The van der Waals surface area contributed by atoms with Crippen LogP contribution < -0.4 is 0 Å². The Morgan fingerprint density at radius 2 is 1.71 bits per heavy atom. The molecule has 0 aromatic carbocycles. The van der Waals surface area contributed by atoms with E-state index in [0.29, 0.717) is 12.0 Å². The molecule has 0 aliphatic carbocycles. The van der Waals surface area contributed by atoms with Crippen LogP contribution in [-0.2, 0) is 4.42 Å². The highest BCUT2D eigenvalue weighted by molar-refractivity contribution is 5.12. The van der Waals surface area contributed by atoms with Gasteiger partial charge in [0, 0.05) is 12.8 Å². The molecular weight excluding hydrogens is 88.1 g/mol. The summed E-state index contributed by atoms with van der Waals surface area (Å²) in [5.41, 5.74) is 0. The Hall–Kier alpha value is -0.330. The first-order valence-corrected chi connectivity index (χ1v) is 2.59. The minimum atomic E-state index is 0.292. The van der Waals surface area contributed by atoms with Gasteiger partial charge in [-0.15, -0.1) is 0 Å². The summed E-state index contributed by atoms with van der Waals surface area (Å²) in [5.74, 6) is 0.581. The molecule has 0 aliphatic heterocycles. The maximum atomic E-state index is 4.76. The zero-order chi connectivity index (χ0) is 5.86. The molecule has 0 heterocycles. The van der Waals surface area contributed by atoms with Gasteiger partial charge in [0.25, 0.3) is 12.9 Å². The first kappa shape index (κ1) is 6.67. The molecule has 0 rings (SSSR count). The van der Waals surface area contributed by atoms with Crippen LogP contribution in [0.1, 0.15) is 20.8 Å². The molecule has 7 heavy (non-hydrogen) atoms. The minimum Gasteiger partial charge on any atom is -0.267 e. The van der Waals surface area contributed by atoms with E-state index in [9.17, 15) is 0 Å². The van der Waals surface area contributed by atoms with Crippen molar-refractivity contribution in [1.82, 2.24) is 0 Å². The van der Waals surface area contributed by atoms with E-state index < -0.39 is 0 Å². The van der Waals surface area contributed by atoms with Crippen LogP contribution in [0, 0.1) is 5.92 Å². The van der Waals surface area contributed by atoms with E-state index in [1.165, 1.54) is 0 Å². The van der Waals surface area contributed by atoms with Crippen molar-refractivity contribution < 1.29 is 4.42 Å². The van der Waals surface area contributed by atoms with Crippen LogP contribution in [0.3, 0.4) is 0 Å². The highest BCUT2D eigenvalue weighted by Crippen LogP contribution is 1.98. The molecule has 1 unspecified atom stereocenters. The standard InChI is InChI=1S/C6H13O/c1-5(2)6(3)7-4/h5-6H,4H2,1-3H3/q+1. The Labute approximate surface area is 45.0 Å². The van der Waals surface area contributed by atoms with E-state index in [4.69, 9.17) is 4.42 Å². The van der Waals surface area contributed by atoms with E-state index in [1.807, 2.05) is 6.92 Å². The number of carbonyl (C=O) groups excluding carboxylic acids is 1. The fourth-order valence-electron chi connectivity index (χ4n) is 0.192. The molecular formula is C6H13O+. The van der Waals surface area contributed by atoms with Crippen LogP contribution >= 0.6 is 0 Å². The van der Waals surface area contributed by atoms with Gasteiger partial charge in [0.15, 0.2) is 0 Å². The molecule has 0 aliphatic rings. The van der Waals surface area contributed by atoms with Crippen molar-refractivity contribution >= 4 is 6.79 Å². The Morgan fingerprint density at radius 3 is 1.71 bits per heavy atom. The maximum absolute atomic E-state index is 4.76. The second kappa shape index (κ2) is 2.78. The Balaban J connectivity index is 3.33. The van der Waals surface area contributed by atoms with E-state index >= 15 is 0 Å². The van der Waals surface area contributed by atoms with Crippen LogP contribution in [0.2, 0.25) is 0 Å². The van der Waals surface area contributed by atoms with E-state index in [-0.39, 0.29) is 0 Å². The summed E-state index contributed by atoms with van der Waals surface area (Å²) in [7, 11) is 0. The Kier molecular flexibility index (Phi) is 2.65. The lowest BCUT2D eigenvalue weighted by Gasteiger charge is -1.96. The zero-order valence-electron chi connectivity index (χ0n) is 5.27. The van der Waals surface area contributed by atoms with Crippen molar-refractivity contribution in [2.45, 2.75) is 26.9 Å². The third-order valence-electron chi connectivity index (χ3n) is 1.20. The van der Waals surface area contributed by atoms with Crippen LogP contribution in [0.4, 0.5) is 0 Å². The van der Waals surface area contributed by atoms with Crippen molar-refractivity contribution in [3.05, 3.63) is 0 Å². The van der Waals surface area contributed by atoms with Gasteiger partial charge in [-0.2, -0.15) is 0 Å². The first-order valence-electron chi connectivity index (χ1n) is 2.59. The molecule has 0 saturated carbocycles. The van der Waals surface area contributed by atoms with Crippen molar-refractivity contribution in [3.63, 3.8) is 0 Å². The van der Waals surface area contributed by atoms with Crippen LogP contribution in [0.5, 0.6) is 0 Å². The molecule has 1 heteroatoms. The average molecular weight is 101 g/mol. The van der Waals surface area contributed by atoms with Gasteiger partial charge in [0.05, 0.1) is 0 Å². The predicted molar refractivity (Wildman–Crippen MR) is 31.4 cm³/mol. The lowest BCUT2D eigenvalue weighted by molar-refractivity contribution is -0.498. The monoisotopic (exact) mass is 101 g/mol. The van der Waals surface area contributed by atoms with Crippen molar-refractivity contribution in [3.8, 4) is 0 Å². The van der Waals surface area contributed by atoms with Crippen molar-refractivity contribution in [2.75, 3.05) is 0 Å². The smallest absolute Gasteiger partial charge is 0.267 e. The predicted octanol–water partition coefficient (Wildman–Crippen LogP) is 1.40. The van der Waals surface area contributed by atoms with Gasteiger partial charge < -0.3 is 0 Å². The van der Waals surface area contributed by atoms with Crippen LogP contribution in [0.25, 0.3) is 0 Å². The normalized spacial score (nSPS) is 14.3. The van der Waals surface area contributed by atoms with Crippen molar-refractivity contribution in [2.24, 2.45) is 5.92 Å². The Bertz CT molecular complexity index is 57.2. The van der Waals surface area contributed by atoms with Gasteiger partial charge >= 0.3 is 0 Å². The molecule has 0 saturated heterocycles. The molecule has 0 bridgehead atoms. The summed E-state index contributed by atoms with van der Waals surface area (Å²) in [6.07, 6.45) is 0.292. The highest BCUT2D eigenvalue weighted by atomic mass is 16.4. The van der Waals surface area contributed by atoms with Crippen molar-refractivity contribution in [1.29, 1.82) is 0 Å². The summed E-state index contributed by atoms with van der Waals surface area (Å²) in [6.45, 7) is 9.53. The summed E-state index contributed by atoms with van der Waals surface area (Å²) in [4.78, 5) is 0. The van der Waals surface area contributed by atoms with Crippen LogP contribution in [-0.4, -0.2) is 12.9 Å². The lowest BCUT2D eigenvalue weighted by Crippen LogP contribution is -2.09. The summed E-state index contributed by atoms with van der Waals surface area (Å²) in [6, 6.07) is 0. The number of hydrogen-bond donors (Lipinski definition) is 0. The fraction of sp³-hybridized carbons (Fsp3) is 0.833. The fourth-order valence-corrected chi connectivity index (χ4v) is 0.192. The van der Waals surface area contributed by atoms with Gasteiger partial charge in [-0.25, -0.2) is 0 Å².